The average molecular weight is 250 g/mol. The molecule has 1 fully saturated rings. The van der Waals surface area contributed by atoms with Crippen LogP contribution in [0.4, 0.5) is 5.69 Å². The standard InChI is InChI=1S/C14H22N2O2/c1-12-3-4-14(13(15)11-12)18-8-2-5-16-6-9-17-10-7-16/h3-4,11H,2,5-10,15H2,1H3. The number of nitrogen functional groups attached to an aromatic ring is 1. The summed E-state index contributed by atoms with van der Waals surface area (Å²) in [6.07, 6.45) is 1.02. The lowest BCUT2D eigenvalue weighted by Gasteiger charge is -2.26. The van der Waals surface area contributed by atoms with Gasteiger partial charge in [-0.25, -0.2) is 0 Å². The maximum Gasteiger partial charge on any atom is 0.142 e. The van der Waals surface area contributed by atoms with Crippen molar-refractivity contribution in [2.45, 2.75) is 13.3 Å². The number of nitrogens with zero attached hydrogens (tertiary/aromatic N) is 1. The van der Waals surface area contributed by atoms with Crippen LogP contribution < -0.4 is 10.5 Å². The lowest BCUT2D eigenvalue weighted by molar-refractivity contribution is 0.0358. The van der Waals surface area contributed by atoms with E-state index in [1.54, 1.807) is 0 Å². The van der Waals surface area contributed by atoms with Crippen molar-refractivity contribution in [3.8, 4) is 5.75 Å². The largest absolute Gasteiger partial charge is 0.491 e. The SMILES string of the molecule is Cc1ccc(OCCCN2CCOCC2)c(N)c1. The summed E-state index contributed by atoms with van der Waals surface area (Å²) in [5, 5.41) is 0. The lowest BCUT2D eigenvalue weighted by atomic mass is 10.2. The second-order valence-electron chi connectivity index (χ2n) is 4.70. The molecule has 2 N–H and O–H groups in total. The van der Waals surface area contributed by atoms with Gasteiger partial charge < -0.3 is 15.2 Å². The quantitative estimate of drug-likeness (QED) is 0.638. The highest BCUT2D eigenvalue weighted by molar-refractivity contribution is 5.53. The van der Waals surface area contributed by atoms with Crippen molar-refractivity contribution in [3.05, 3.63) is 23.8 Å². The minimum atomic E-state index is 0.713. The Kier molecular flexibility index (Phi) is 4.84. The highest BCUT2D eigenvalue weighted by atomic mass is 16.5. The highest BCUT2D eigenvalue weighted by Gasteiger charge is 2.09. The lowest BCUT2D eigenvalue weighted by Crippen LogP contribution is -2.37. The van der Waals surface area contributed by atoms with Gasteiger partial charge in [-0.3, -0.25) is 4.90 Å². The van der Waals surface area contributed by atoms with Crippen LogP contribution in [-0.2, 0) is 4.74 Å². The van der Waals surface area contributed by atoms with Crippen LogP contribution in [0.2, 0.25) is 0 Å². The fraction of sp³-hybridized carbons (Fsp3) is 0.571. The first-order valence-corrected chi connectivity index (χ1v) is 6.55. The Morgan fingerprint density at radius 3 is 2.83 bits per heavy atom. The third-order valence-corrected chi connectivity index (χ3v) is 3.15. The van der Waals surface area contributed by atoms with E-state index in [0.717, 1.165) is 56.3 Å². The Morgan fingerprint density at radius 1 is 1.33 bits per heavy atom. The van der Waals surface area contributed by atoms with E-state index in [1.807, 2.05) is 25.1 Å². The summed E-state index contributed by atoms with van der Waals surface area (Å²) in [4.78, 5) is 2.41. The molecule has 100 valence electrons. The van der Waals surface area contributed by atoms with Crippen LogP contribution in [0.15, 0.2) is 18.2 Å². The molecule has 0 spiro atoms. The predicted octanol–water partition coefficient (Wildman–Crippen LogP) is 1.68. The van der Waals surface area contributed by atoms with E-state index in [1.165, 1.54) is 0 Å². The zero-order valence-electron chi connectivity index (χ0n) is 11.0. The molecule has 1 saturated heterocycles. The molecule has 0 aliphatic carbocycles. The van der Waals surface area contributed by atoms with Crippen molar-refractivity contribution in [1.29, 1.82) is 0 Å². The maximum absolute atomic E-state index is 5.89. The van der Waals surface area contributed by atoms with E-state index < -0.39 is 0 Å². The van der Waals surface area contributed by atoms with E-state index in [0.29, 0.717) is 6.61 Å². The molecule has 1 aromatic rings. The molecule has 0 atom stereocenters. The van der Waals surface area contributed by atoms with Gasteiger partial charge in [0, 0.05) is 19.6 Å². The van der Waals surface area contributed by atoms with E-state index in [-0.39, 0.29) is 0 Å². The van der Waals surface area contributed by atoms with Gasteiger partial charge in [-0.2, -0.15) is 0 Å². The summed E-state index contributed by atoms with van der Waals surface area (Å²) in [5.74, 6) is 0.794. The third kappa shape index (κ3) is 3.89. The van der Waals surface area contributed by atoms with Gasteiger partial charge in [-0.15, -0.1) is 0 Å². The molecule has 4 heteroatoms. The van der Waals surface area contributed by atoms with Crippen molar-refractivity contribution >= 4 is 5.69 Å². The molecule has 18 heavy (non-hydrogen) atoms. The number of aryl methyl sites for hydroxylation is 1. The first kappa shape index (κ1) is 13.2. The van der Waals surface area contributed by atoms with Crippen molar-refractivity contribution in [2.24, 2.45) is 0 Å². The number of nitrogens with two attached hydrogens (primary N) is 1. The summed E-state index contributed by atoms with van der Waals surface area (Å²) in [6, 6.07) is 5.91. The number of rotatable bonds is 5. The molecule has 0 radical (unpaired) electrons. The summed E-state index contributed by atoms with van der Waals surface area (Å²) in [5.41, 5.74) is 7.78. The minimum absolute atomic E-state index is 0.713. The number of anilines is 1. The molecule has 0 bridgehead atoms. The normalized spacial score (nSPS) is 16.7. The number of benzene rings is 1. The van der Waals surface area contributed by atoms with E-state index in [9.17, 15) is 0 Å². The molecule has 0 saturated carbocycles. The fourth-order valence-corrected chi connectivity index (χ4v) is 2.09. The van der Waals surface area contributed by atoms with E-state index in [4.69, 9.17) is 15.2 Å². The van der Waals surface area contributed by atoms with Crippen molar-refractivity contribution in [1.82, 2.24) is 4.90 Å². The number of hydrogen-bond donors (Lipinski definition) is 1. The summed E-state index contributed by atoms with van der Waals surface area (Å²) in [6.45, 7) is 7.58. The molecule has 0 aromatic heterocycles. The van der Waals surface area contributed by atoms with E-state index in [2.05, 4.69) is 4.90 Å². The van der Waals surface area contributed by atoms with Crippen LogP contribution in [-0.4, -0.2) is 44.4 Å². The molecule has 1 heterocycles. The highest BCUT2D eigenvalue weighted by Crippen LogP contribution is 2.22. The number of ether oxygens (including phenoxy) is 2. The second kappa shape index (κ2) is 6.61. The van der Waals surface area contributed by atoms with Crippen LogP contribution in [0.5, 0.6) is 5.75 Å². The van der Waals surface area contributed by atoms with Gasteiger partial charge in [0.1, 0.15) is 5.75 Å². The van der Waals surface area contributed by atoms with Crippen molar-refractivity contribution in [3.63, 3.8) is 0 Å². The Balaban J connectivity index is 1.68. The molecule has 0 amide bonds. The molecule has 0 unspecified atom stereocenters. The smallest absolute Gasteiger partial charge is 0.142 e. The first-order valence-electron chi connectivity index (χ1n) is 6.55. The molecule has 1 aliphatic rings. The average Bonchev–Trinajstić information content (AvgIpc) is 2.38. The molecular formula is C14H22N2O2. The topological polar surface area (TPSA) is 47.7 Å². The maximum atomic E-state index is 5.89. The summed E-state index contributed by atoms with van der Waals surface area (Å²) >= 11 is 0. The van der Waals surface area contributed by atoms with Gasteiger partial charge in [-0.05, 0) is 31.0 Å². The van der Waals surface area contributed by atoms with Gasteiger partial charge in [0.05, 0.1) is 25.5 Å². The van der Waals surface area contributed by atoms with Crippen molar-refractivity contribution in [2.75, 3.05) is 45.2 Å². The van der Waals surface area contributed by atoms with Crippen LogP contribution in [0.1, 0.15) is 12.0 Å². The van der Waals surface area contributed by atoms with Gasteiger partial charge in [0.2, 0.25) is 0 Å². The van der Waals surface area contributed by atoms with Crippen LogP contribution >= 0.6 is 0 Å². The Bertz CT molecular complexity index is 376. The summed E-state index contributed by atoms with van der Waals surface area (Å²) in [7, 11) is 0. The van der Waals surface area contributed by atoms with Crippen LogP contribution in [0.3, 0.4) is 0 Å². The third-order valence-electron chi connectivity index (χ3n) is 3.15. The van der Waals surface area contributed by atoms with Crippen molar-refractivity contribution < 1.29 is 9.47 Å². The predicted molar refractivity (Wildman–Crippen MR) is 73.0 cm³/mol. The van der Waals surface area contributed by atoms with Gasteiger partial charge >= 0.3 is 0 Å². The minimum Gasteiger partial charge on any atom is -0.491 e. The van der Waals surface area contributed by atoms with Crippen LogP contribution in [0.25, 0.3) is 0 Å². The zero-order chi connectivity index (χ0) is 12.8. The summed E-state index contributed by atoms with van der Waals surface area (Å²) < 4.78 is 11.0. The fourth-order valence-electron chi connectivity index (χ4n) is 2.09. The Labute approximate surface area is 109 Å². The number of hydrogen-bond acceptors (Lipinski definition) is 4. The van der Waals surface area contributed by atoms with E-state index >= 15 is 0 Å². The number of morpholine rings is 1. The first-order chi connectivity index (χ1) is 8.75. The molecule has 2 rings (SSSR count). The van der Waals surface area contributed by atoms with Crippen LogP contribution in [0, 0.1) is 6.92 Å². The van der Waals surface area contributed by atoms with Gasteiger partial charge in [0.25, 0.3) is 0 Å². The molecular weight excluding hydrogens is 228 g/mol. The molecule has 4 nitrogen and oxygen atoms in total. The molecule has 1 aromatic carbocycles. The van der Waals surface area contributed by atoms with Gasteiger partial charge in [0.15, 0.2) is 0 Å². The Hall–Kier alpha value is -1.26. The molecule has 1 aliphatic heterocycles. The second-order valence-corrected chi connectivity index (χ2v) is 4.70. The zero-order valence-corrected chi connectivity index (χ0v) is 11.0. The Morgan fingerprint density at radius 2 is 2.11 bits per heavy atom. The van der Waals surface area contributed by atoms with Gasteiger partial charge in [-0.1, -0.05) is 6.07 Å². The monoisotopic (exact) mass is 250 g/mol.